The molecule has 2 aromatic carbocycles. The number of methoxy groups -OCH3 is 1. The Kier molecular flexibility index (Phi) is 4.95. The number of benzene rings is 2. The van der Waals surface area contributed by atoms with E-state index < -0.39 is 5.82 Å². The van der Waals surface area contributed by atoms with Gasteiger partial charge in [0.2, 0.25) is 5.91 Å². The van der Waals surface area contributed by atoms with Crippen molar-refractivity contribution in [1.29, 1.82) is 0 Å². The lowest BCUT2D eigenvalue weighted by Gasteiger charge is -2.16. The van der Waals surface area contributed by atoms with Gasteiger partial charge in [-0.3, -0.25) is 9.59 Å². The van der Waals surface area contributed by atoms with Gasteiger partial charge >= 0.3 is 0 Å². The molecule has 2 heterocycles. The lowest BCUT2D eigenvalue weighted by Crippen LogP contribution is -2.23. The van der Waals surface area contributed by atoms with Crippen LogP contribution in [0.25, 0.3) is 21.8 Å². The number of hydrogen-bond donors (Lipinski definition) is 1. The third-order valence-corrected chi connectivity index (χ3v) is 5.01. The van der Waals surface area contributed by atoms with E-state index in [9.17, 15) is 14.0 Å². The van der Waals surface area contributed by atoms with Gasteiger partial charge in [0.25, 0.3) is 0 Å². The van der Waals surface area contributed by atoms with Crippen LogP contribution in [0, 0.1) is 19.7 Å². The van der Waals surface area contributed by atoms with Crippen molar-refractivity contribution in [2.45, 2.75) is 20.4 Å². The number of para-hydroxylation sites is 2. The number of nitrogens with zero attached hydrogens (tertiary/aromatic N) is 2. The Hall–Kier alpha value is -3.74. The van der Waals surface area contributed by atoms with E-state index in [1.165, 1.54) is 22.8 Å². The van der Waals surface area contributed by atoms with Gasteiger partial charge in [0, 0.05) is 28.2 Å². The number of nitrogens with one attached hydrogen (secondary N) is 1. The van der Waals surface area contributed by atoms with E-state index in [1.54, 1.807) is 32.2 Å². The second-order valence-electron chi connectivity index (χ2n) is 7.09. The summed E-state index contributed by atoms with van der Waals surface area (Å²) >= 11 is 0. The molecule has 0 fully saturated rings. The van der Waals surface area contributed by atoms with Crippen LogP contribution in [0.2, 0.25) is 0 Å². The number of aromatic nitrogens is 2. The Morgan fingerprint density at radius 3 is 2.63 bits per heavy atom. The van der Waals surface area contributed by atoms with Gasteiger partial charge in [-0.15, -0.1) is 0 Å². The van der Waals surface area contributed by atoms with E-state index in [0.29, 0.717) is 22.6 Å². The molecule has 152 valence electrons. The molecule has 0 saturated heterocycles. The fourth-order valence-corrected chi connectivity index (χ4v) is 3.67. The molecule has 0 spiro atoms. The quantitative estimate of drug-likeness (QED) is 0.558. The van der Waals surface area contributed by atoms with Gasteiger partial charge in [0.05, 0.1) is 18.3 Å². The summed E-state index contributed by atoms with van der Waals surface area (Å²) in [5.74, 6) is -0.284. The number of amides is 1. The molecule has 4 aromatic rings. The Bertz CT molecular complexity index is 1360. The molecule has 0 radical (unpaired) electrons. The summed E-state index contributed by atoms with van der Waals surface area (Å²) in [6, 6.07) is 13.0. The smallest absolute Gasteiger partial charge is 0.244 e. The highest BCUT2D eigenvalue weighted by atomic mass is 19.1. The van der Waals surface area contributed by atoms with Gasteiger partial charge in [-0.05, 0) is 38.1 Å². The molecule has 0 bridgehead atoms. The van der Waals surface area contributed by atoms with Crippen LogP contribution in [0.3, 0.4) is 0 Å². The molecule has 7 heteroatoms. The first-order valence-corrected chi connectivity index (χ1v) is 9.42. The highest BCUT2D eigenvalue weighted by Crippen LogP contribution is 2.30. The minimum absolute atomic E-state index is 0.120. The van der Waals surface area contributed by atoms with Crippen molar-refractivity contribution < 1.29 is 13.9 Å². The number of ether oxygens (including phenoxy) is 1. The molecular formula is C23H20FN3O3. The van der Waals surface area contributed by atoms with E-state index in [-0.39, 0.29) is 28.8 Å². The minimum Gasteiger partial charge on any atom is -0.494 e. The van der Waals surface area contributed by atoms with Crippen LogP contribution >= 0.6 is 0 Å². The molecule has 0 aliphatic heterocycles. The first-order chi connectivity index (χ1) is 14.4. The molecular weight excluding hydrogens is 385 g/mol. The predicted molar refractivity (Wildman–Crippen MR) is 115 cm³/mol. The first-order valence-electron chi connectivity index (χ1n) is 9.42. The number of halogens is 1. The summed E-state index contributed by atoms with van der Waals surface area (Å²) in [4.78, 5) is 29.6. The standard InChI is InChI=1S/C23H20FN3O3/c1-13-10-18(15-6-5-9-20(30-3)22(15)25-13)26-21(29)12-27-14(2)11-19(28)16-7-4-8-17(24)23(16)27/h4-11H,12H2,1-3H3,(H,25,26,29). The molecule has 0 saturated carbocycles. The maximum absolute atomic E-state index is 14.5. The molecule has 1 N–H and O–H groups in total. The molecule has 6 nitrogen and oxygen atoms in total. The van der Waals surface area contributed by atoms with Crippen molar-refractivity contribution in [1.82, 2.24) is 9.55 Å². The normalized spacial score (nSPS) is 11.1. The number of rotatable bonds is 4. The zero-order chi connectivity index (χ0) is 21.4. The van der Waals surface area contributed by atoms with Crippen LogP contribution < -0.4 is 15.5 Å². The largest absolute Gasteiger partial charge is 0.494 e. The van der Waals surface area contributed by atoms with Crippen LogP contribution in [-0.2, 0) is 11.3 Å². The van der Waals surface area contributed by atoms with Crippen LogP contribution in [0.15, 0.2) is 53.3 Å². The van der Waals surface area contributed by atoms with E-state index >= 15 is 0 Å². The number of carbonyl (C=O) groups excluding carboxylic acids is 1. The third kappa shape index (κ3) is 3.39. The molecule has 30 heavy (non-hydrogen) atoms. The second kappa shape index (κ2) is 7.59. The third-order valence-electron chi connectivity index (χ3n) is 5.01. The van der Waals surface area contributed by atoms with Gasteiger partial charge in [0.1, 0.15) is 23.6 Å². The number of aryl methyl sites for hydroxylation is 2. The molecule has 4 rings (SSSR count). The molecule has 0 atom stereocenters. The second-order valence-corrected chi connectivity index (χ2v) is 7.09. The van der Waals surface area contributed by atoms with E-state index in [0.717, 1.165) is 11.1 Å². The van der Waals surface area contributed by atoms with Crippen molar-refractivity contribution in [3.8, 4) is 5.75 Å². The van der Waals surface area contributed by atoms with Crippen LogP contribution in [0.1, 0.15) is 11.4 Å². The zero-order valence-corrected chi connectivity index (χ0v) is 16.8. The molecule has 0 aliphatic rings. The Morgan fingerprint density at radius 2 is 1.87 bits per heavy atom. The van der Waals surface area contributed by atoms with Crippen LogP contribution in [-0.4, -0.2) is 22.6 Å². The van der Waals surface area contributed by atoms with Crippen molar-refractivity contribution in [3.05, 3.63) is 76.0 Å². The van der Waals surface area contributed by atoms with Gasteiger partial charge < -0.3 is 14.6 Å². The van der Waals surface area contributed by atoms with Gasteiger partial charge in [-0.25, -0.2) is 9.37 Å². The Morgan fingerprint density at radius 1 is 1.13 bits per heavy atom. The highest BCUT2D eigenvalue weighted by Gasteiger charge is 2.15. The van der Waals surface area contributed by atoms with E-state index in [1.807, 2.05) is 19.1 Å². The summed E-state index contributed by atoms with van der Waals surface area (Å²) in [6.45, 7) is 3.37. The summed E-state index contributed by atoms with van der Waals surface area (Å²) in [7, 11) is 1.57. The fraction of sp³-hybridized carbons (Fsp3) is 0.174. The topological polar surface area (TPSA) is 73.2 Å². The average molecular weight is 405 g/mol. The van der Waals surface area contributed by atoms with Gasteiger partial charge in [-0.1, -0.05) is 18.2 Å². The van der Waals surface area contributed by atoms with Gasteiger partial charge in [-0.2, -0.15) is 0 Å². The number of hydrogen-bond acceptors (Lipinski definition) is 4. The number of anilines is 1. The Labute approximate surface area is 171 Å². The molecule has 0 unspecified atom stereocenters. The lowest BCUT2D eigenvalue weighted by molar-refractivity contribution is -0.116. The maximum atomic E-state index is 14.5. The van der Waals surface area contributed by atoms with Crippen molar-refractivity contribution in [2.24, 2.45) is 0 Å². The van der Waals surface area contributed by atoms with Crippen molar-refractivity contribution >= 4 is 33.4 Å². The van der Waals surface area contributed by atoms with E-state index in [4.69, 9.17) is 4.74 Å². The predicted octanol–water partition coefficient (Wildman–Crippen LogP) is 3.95. The SMILES string of the molecule is COc1cccc2c(NC(=O)Cn3c(C)cc(=O)c4cccc(F)c43)cc(C)nc12. The minimum atomic E-state index is -0.545. The maximum Gasteiger partial charge on any atom is 0.244 e. The summed E-state index contributed by atoms with van der Waals surface area (Å²) in [5, 5.41) is 3.87. The monoisotopic (exact) mass is 405 g/mol. The highest BCUT2D eigenvalue weighted by molar-refractivity contribution is 6.02. The first kappa shape index (κ1) is 19.6. The molecule has 0 aliphatic carbocycles. The van der Waals surface area contributed by atoms with Crippen LogP contribution in [0.4, 0.5) is 10.1 Å². The van der Waals surface area contributed by atoms with Crippen molar-refractivity contribution in [3.63, 3.8) is 0 Å². The summed E-state index contributed by atoms with van der Waals surface area (Å²) in [5.41, 5.74) is 2.30. The fourth-order valence-electron chi connectivity index (χ4n) is 3.67. The van der Waals surface area contributed by atoms with Gasteiger partial charge in [0.15, 0.2) is 5.43 Å². The Balaban J connectivity index is 1.75. The summed E-state index contributed by atoms with van der Waals surface area (Å²) in [6.07, 6.45) is 0. The average Bonchev–Trinajstić information content (AvgIpc) is 2.70. The molecule has 2 aromatic heterocycles. The number of carbonyl (C=O) groups is 1. The zero-order valence-electron chi connectivity index (χ0n) is 16.8. The number of pyridine rings is 2. The number of fused-ring (bicyclic) bond motifs is 2. The van der Waals surface area contributed by atoms with Crippen molar-refractivity contribution in [2.75, 3.05) is 12.4 Å². The molecule has 1 amide bonds. The lowest BCUT2D eigenvalue weighted by atomic mass is 10.1. The van der Waals surface area contributed by atoms with E-state index in [2.05, 4.69) is 10.3 Å². The summed E-state index contributed by atoms with van der Waals surface area (Å²) < 4.78 is 21.4. The van der Waals surface area contributed by atoms with Crippen LogP contribution in [0.5, 0.6) is 5.75 Å².